The van der Waals surface area contributed by atoms with Crippen molar-refractivity contribution < 1.29 is 37.1 Å². The van der Waals surface area contributed by atoms with Crippen molar-refractivity contribution in [2.75, 3.05) is 0 Å². The van der Waals surface area contributed by atoms with E-state index in [0.29, 0.717) is 0 Å². The van der Waals surface area contributed by atoms with E-state index in [1.165, 1.54) is 0 Å². The van der Waals surface area contributed by atoms with Gasteiger partial charge in [0.05, 0.1) is 6.04 Å². The average molecular weight is 368 g/mol. The number of carbonyl (C=O) groups excluding carboxylic acids is 2. The van der Waals surface area contributed by atoms with Crippen molar-refractivity contribution in [1.29, 1.82) is 0 Å². The van der Waals surface area contributed by atoms with Crippen molar-refractivity contribution in [3.63, 3.8) is 0 Å². The largest absolute Gasteiger partial charge is 0.490 e. The van der Waals surface area contributed by atoms with Crippen molar-refractivity contribution in [2.24, 2.45) is 16.9 Å². The molecule has 1 atom stereocenters. The second-order valence-electron chi connectivity index (χ2n) is 5.98. The number of carbonyl (C=O) groups is 3. The highest BCUT2D eigenvalue weighted by molar-refractivity contribution is 5.87. The van der Waals surface area contributed by atoms with Gasteiger partial charge in [-0.3, -0.25) is 9.59 Å². The van der Waals surface area contributed by atoms with Crippen LogP contribution >= 0.6 is 0 Å². The molecule has 12 heteroatoms. The van der Waals surface area contributed by atoms with Gasteiger partial charge in [0, 0.05) is 12.8 Å². The fraction of sp³-hybridized carbons (Fsp3) is 0.615. The molecule has 0 saturated carbocycles. The Hall–Kier alpha value is -2.50. The van der Waals surface area contributed by atoms with Crippen molar-refractivity contribution in [1.82, 2.24) is 10.2 Å². The predicted molar refractivity (Wildman–Crippen MR) is 77.3 cm³/mol. The summed E-state index contributed by atoms with van der Waals surface area (Å²) in [6.07, 6.45) is -4.64. The minimum Gasteiger partial charge on any atom is -0.475 e. The monoisotopic (exact) mass is 368 g/mol. The van der Waals surface area contributed by atoms with Gasteiger partial charge in [-0.25, -0.2) is 4.79 Å². The number of Topliss-reactive ketones (excluding diaryl/α,β-unsaturated/α-hetero) is 1. The molecule has 0 aliphatic carbocycles. The van der Waals surface area contributed by atoms with Gasteiger partial charge >= 0.3 is 23.9 Å². The van der Waals surface area contributed by atoms with Crippen molar-refractivity contribution in [2.45, 2.75) is 45.8 Å². The highest BCUT2D eigenvalue weighted by Crippen LogP contribution is 2.19. The van der Waals surface area contributed by atoms with Gasteiger partial charge in [0.1, 0.15) is 0 Å². The Morgan fingerprint density at radius 1 is 1.20 bits per heavy atom. The van der Waals surface area contributed by atoms with Crippen LogP contribution in [0.4, 0.5) is 13.2 Å². The van der Waals surface area contributed by atoms with E-state index in [2.05, 4.69) is 10.2 Å². The second-order valence-corrected chi connectivity index (χ2v) is 5.98. The van der Waals surface area contributed by atoms with Gasteiger partial charge in [0.25, 0.3) is 0 Å². The number of alkyl halides is 3. The van der Waals surface area contributed by atoms with E-state index in [0.717, 1.165) is 0 Å². The van der Waals surface area contributed by atoms with Crippen LogP contribution in [0, 0.1) is 5.41 Å². The van der Waals surface area contributed by atoms with Gasteiger partial charge in [-0.2, -0.15) is 13.2 Å². The molecule has 9 nitrogen and oxygen atoms in total. The van der Waals surface area contributed by atoms with Gasteiger partial charge < -0.3 is 21.0 Å². The predicted octanol–water partition coefficient (Wildman–Crippen LogP) is 0.677. The second kappa shape index (κ2) is 8.55. The summed E-state index contributed by atoms with van der Waals surface area (Å²) in [5.41, 5.74) is 10.5. The number of nitrogens with zero attached hydrogens (tertiary/aromatic N) is 2. The number of amides is 1. The van der Waals surface area contributed by atoms with Gasteiger partial charge in [-0.15, -0.1) is 10.2 Å². The zero-order chi connectivity index (χ0) is 20.0. The summed E-state index contributed by atoms with van der Waals surface area (Å²) in [4.78, 5) is 31.4. The number of aromatic nitrogens is 2. The summed E-state index contributed by atoms with van der Waals surface area (Å²) in [6.45, 7) is 5.69. The topological polar surface area (TPSA) is 162 Å². The lowest BCUT2D eigenvalue weighted by atomic mass is 9.84. The van der Waals surface area contributed by atoms with Crippen LogP contribution in [0.3, 0.4) is 0 Å². The molecular formula is C13H19F3N4O5. The van der Waals surface area contributed by atoms with Crippen molar-refractivity contribution >= 4 is 17.7 Å². The van der Waals surface area contributed by atoms with Crippen LogP contribution < -0.4 is 11.5 Å². The van der Waals surface area contributed by atoms with Crippen molar-refractivity contribution in [3.05, 3.63) is 11.8 Å². The maximum atomic E-state index is 11.8. The lowest BCUT2D eigenvalue weighted by molar-refractivity contribution is -0.192. The quantitative estimate of drug-likeness (QED) is 0.683. The average Bonchev–Trinajstić information content (AvgIpc) is 2.91. The SMILES string of the molecule is CC(C)(C)[C@H](N)C(=O)CCc1nnc(C(N)=O)o1.O=C(O)C(F)(F)F. The van der Waals surface area contributed by atoms with Crippen LogP contribution in [0.5, 0.6) is 0 Å². The molecule has 0 aromatic carbocycles. The number of ketones is 1. The first-order chi connectivity index (χ1) is 11.2. The number of aryl methyl sites for hydroxylation is 1. The Bertz CT molecular complexity index is 622. The summed E-state index contributed by atoms with van der Waals surface area (Å²) in [5, 5.41) is 14.2. The number of carboxylic acid groups (broad SMARTS) is 1. The molecule has 0 unspecified atom stereocenters. The zero-order valence-electron chi connectivity index (χ0n) is 13.8. The third-order valence-corrected chi connectivity index (χ3v) is 2.79. The standard InChI is InChI=1S/C11H18N4O3.C2HF3O2/c1-11(2,3)8(12)6(16)4-5-7-14-15-10(18-7)9(13)17;3-2(4,5)1(6)7/h8H,4-5,12H2,1-3H3,(H2,13,17);(H,6,7)/t8-;/m1./s1. The van der Waals surface area contributed by atoms with E-state index in [4.69, 9.17) is 25.8 Å². The number of hydrogen-bond acceptors (Lipinski definition) is 7. The van der Waals surface area contributed by atoms with E-state index < -0.39 is 24.1 Å². The number of nitrogens with two attached hydrogens (primary N) is 2. The fourth-order valence-corrected chi connectivity index (χ4v) is 1.32. The first kappa shape index (κ1) is 22.5. The maximum absolute atomic E-state index is 11.8. The molecule has 1 aromatic rings. The molecule has 142 valence electrons. The number of carboxylic acids is 1. The lowest BCUT2D eigenvalue weighted by Gasteiger charge is -2.25. The molecule has 0 aliphatic rings. The maximum Gasteiger partial charge on any atom is 0.490 e. The molecule has 1 heterocycles. The molecule has 5 N–H and O–H groups in total. The number of rotatable bonds is 5. The summed E-state index contributed by atoms with van der Waals surface area (Å²) in [7, 11) is 0. The van der Waals surface area contributed by atoms with Gasteiger partial charge in [0.15, 0.2) is 5.78 Å². The van der Waals surface area contributed by atoms with Crippen LogP contribution in [-0.2, 0) is 16.0 Å². The van der Waals surface area contributed by atoms with Crippen LogP contribution in [0.25, 0.3) is 0 Å². The number of hydrogen-bond donors (Lipinski definition) is 3. The minimum atomic E-state index is -5.08. The first-order valence-electron chi connectivity index (χ1n) is 6.86. The molecular weight excluding hydrogens is 349 g/mol. The van der Waals surface area contributed by atoms with Crippen LogP contribution in [0.1, 0.15) is 43.8 Å². The normalized spacial score (nSPS) is 12.8. The molecule has 0 bridgehead atoms. The van der Waals surface area contributed by atoms with E-state index in [-0.39, 0.29) is 35.8 Å². The van der Waals surface area contributed by atoms with E-state index >= 15 is 0 Å². The number of aliphatic carboxylic acids is 1. The van der Waals surface area contributed by atoms with Crippen LogP contribution in [0.2, 0.25) is 0 Å². The molecule has 1 amide bonds. The Morgan fingerprint density at radius 3 is 2.00 bits per heavy atom. The highest BCUT2D eigenvalue weighted by atomic mass is 19.4. The highest BCUT2D eigenvalue weighted by Gasteiger charge is 2.38. The third kappa shape index (κ3) is 8.24. The Kier molecular flexibility index (Phi) is 7.70. The molecule has 25 heavy (non-hydrogen) atoms. The molecule has 1 rings (SSSR count). The number of primary amides is 1. The zero-order valence-corrected chi connectivity index (χ0v) is 13.8. The third-order valence-electron chi connectivity index (χ3n) is 2.79. The van der Waals surface area contributed by atoms with Gasteiger partial charge in [-0.1, -0.05) is 20.8 Å². The van der Waals surface area contributed by atoms with Crippen LogP contribution in [-0.4, -0.2) is 45.2 Å². The van der Waals surface area contributed by atoms with Gasteiger partial charge in [0.2, 0.25) is 5.89 Å². The van der Waals surface area contributed by atoms with Crippen LogP contribution in [0.15, 0.2) is 4.42 Å². The molecule has 1 aromatic heterocycles. The number of halogens is 3. The van der Waals surface area contributed by atoms with E-state index in [1.807, 2.05) is 20.8 Å². The smallest absolute Gasteiger partial charge is 0.475 e. The molecule has 0 aliphatic heterocycles. The molecule has 0 spiro atoms. The summed E-state index contributed by atoms with van der Waals surface area (Å²) in [5.74, 6) is -3.67. The summed E-state index contributed by atoms with van der Waals surface area (Å²) < 4.78 is 36.7. The summed E-state index contributed by atoms with van der Waals surface area (Å²) >= 11 is 0. The Morgan fingerprint density at radius 2 is 1.68 bits per heavy atom. The molecule has 0 radical (unpaired) electrons. The Labute approximate surface area is 140 Å². The van der Waals surface area contributed by atoms with E-state index in [9.17, 15) is 22.8 Å². The molecule has 0 saturated heterocycles. The van der Waals surface area contributed by atoms with Gasteiger partial charge in [-0.05, 0) is 5.41 Å². The first-order valence-corrected chi connectivity index (χ1v) is 6.86. The summed E-state index contributed by atoms with van der Waals surface area (Å²) in [6, 6.07) is -0.545. The Balaban J connectivity index is 0.000000697. The molecule has 0 fully saturated rings. The fourth-order valence-electron chi connectivity index (χ4n) is 1.32. The van der Waals surface area contributed by atoms with Crippen molar-refractivity contribution in [3.8, 4) is 0 Å². The minimum absolute atomic E-state index is 0.0821. The van der Waals surface area contributed by atoms with E-state index in [1.54, 1.807) is 0 Å². The lowest BCUT2D eigenvalue weighted by Crippen LogP contribution is -2.42.